The lowest BCUT2D eigenvalue weighted by Gasteiger charge is -2.37. The first kappa shape index (κ1) is 12.7. The van der Waals surface area contributed by atoms with Gasteiger partial charge < -0.3 is 19.9 Å². The minimum atomic E-state index is 0.209. The average Bonchev–Trinajstić information content (AvgIpc) is 2.87. The Balaban J connectivity index is 1.81. The summed E-state index contributed by atoms with van der Waals surface area (Å²) in [5, 5.41) is 0. The average molecular weight is 264 g/mol. The molecule has 1 saturated heterocycles. The molecule has 2 aliphatic heterocycles. The molecule has 0 aliphatic carbocycles. The van der Waals surface area contributed by atoms with Crippen LogP contribution in [0.4, 0.5) is 0 Å². The van der Waals surface area contributed by atoms with E-state index in [0.717, 1.165) is 31.2 Å². The summed E-state index contributed by atoms with van der Waals surface area (Å²) in [5.41, 5.74) is 7.15. The highest BCUT2D eigenvalue weighted by molar-refractivity contribution is 5.45. The van der Waals surface area contributed by atoms with Crippen LogP contribution in [0.15, 0.2) is 18.2 Å². The third-order valence-electron chi connectivity index (χ3n) is 3.72. The number of ether oxygens (including phenoxy) is 3. The van der Waals surface area contributed by atoms with Gasteiger partial charge in [-0.25, -0.2) is 0 Å². The maximum absolute atomic E-state index is 5.97. The fourth-order valence-corrected chi connectivity index (χ4v) is 2.74. The van der Waals surface area contributed by atoms with E-state index < -0.39 is 0 Å². The first-order valence-corrected chi connectivity index (χ1v) is 6.73. The molecule has 2 unspecified atom stereocenters. The summed E-state index contributed by atoms with van der Waals surface area (Å²) >= 11 is 0. The van der Waals surface area contributed by atoms with Crippen molar-refractivity contribution in [3.63, 3.8) is 0 Å². The number of nitrogens with two attached hydrogens (primary N) is 1. The largest absolute Gasteiger partial charge is 0.454 e. The lowest BCUT2D eigenvalue weighted by molar-refractivity contribution is -0.0333. The Morgan fingerprint density at radius 3 is 3.00 bits per heavy atom. The fourth-order valence-electron chi connectivity index (χ4n) is 2.74. The summed E-state index contributed by atoms with van der Waals surface area (Å²) in [6.07, 6.45) is 0.261. The molecular weight excluding hydrogens is 244 g/mol. The summed E-state index contributed by atoms with van der Waals surface area (Å²) in [4.78, 5) is 2.38. The van der Waals surface area contributed by atoms with Crippen molar-refractivity contribution in [2.24, 2.45) is 5.73 Å². The zero-order chi connectivity index (χ0) is 13.2. The highest BCUT2D eigenvalue weighted by atomic mass is 16.7. The lowest BCUT2D eigenvalue weighted by Crippen LogP contribution is -2.45. The summed E-state index contributed by atoms with van der Waals surface area (Å²) in [6.45, 7) is 5.59. The number of morpholine rings is 1. The molecule has 0 bridgehead atoms. The maximum atomic E-state index is 5.97. The Morgan fingerprint density at radius 1 is 1.37 bits per heavy atom. The SMILES string of the molecule is CC1CN(C(CN)c2ccc3c(c2)OCO3)CCO1. The summed E-state index contributed by atoms with van der Waals surface area (Å²) < 4.78 is 16.4. The third kappa shape index (κ3) is 2.54. The first-order chi connectivity index (χ1) is 9.28. The number of hydrogen-bond donors (Lipinski definition) is 1. The zero-order valence-electron chi connectivity index (χ0n) is 11.2. The molecular formula is C14H20N2O3. The monoisotopic (exact) mass is 264 g/mol. The Labute approximate surface area is 113 Å². The molecule has 5 nitrogen and oxygen atoms in total. The third-order valence-corrected chi connectivity index (χ3v) is 3.72. The Bertz CT molecular complexity index is 452. The molecule has 1 fully saturated rings. The van der Waals surface area contributed by atoms with Crippen LogP contribution in [-0.2, 0) is 4.74 Å². The quantitative estimate of drug-likeness (QED) is 0.887. The van der Waals surface area contributed by atoms with Crippen LogP contribution in [0.1, 0.15) is 18.5 Å². The van der Waals surface area contributed by atoms with Gasteiger partial charge in [-0.2, -0.15) is 0 Å². The van der Waals surface area contributed by atoms with E-state index in [1.807, 2.05) is 12.1 Å². The fraction of sp³-hybridized carbons (Fsp3) is 0.571. The Kier molecular flexibility index (Phi) is 3.59. The van der Waals surface area contributed by atoms with Gasteiger partial charge in [0.15, 0.2) is 11.5 Å². The number of benzene rings is 1. The topological polar surface area (TPSA) is 57.0 Å². The van der Waals surface area contributed by atoms with E-state index in [1.54, 1.807) is 0 Å². The molecule has 19 heavy (non-hydrogen) atoms. The zero-order valence-corrected chi connectivity index (χ0v) is 11.2. The Hall–Kier alpha value is -1.30. The second kappa shape index (κ2) is 5.36. The van der Waals surface area contributed by atoms with Crippen LogP contribution in [0, 0.1) is 0 Å². The van der Waals surface area contributed by atoms with Crippen molar-refractivity contribution < 1.29 is 14.2 Å². The van der Waals surface area contributed by atoms with Crippen LogP contribution in [0.3, 0.4) is 0 Å². The summed E-state index contributed by atoms with van der Waals surface area (Å²) in [6, 6.07) is 6.29. The van der Waals surface area contributed by atoms with E-state index in [0.29, 0.717) is 13.3 Å². The molecule has 1 aromatic carbocycles. The number of hydrogen-bond acceptors (Lipinski definition) is 5. The standard InChI is InChI=1S/C14H20N2O3/c1-10-8-16(4-5-17-10)12(7-15)11-2-3-13-14(6-11)19-9-18-13/h2-3,6,10,12H,4-5,7-9,15H2,1H3. The van der Waals surface area contributed by atoms with Gasteiger partial charge in [0.2, 0.25) is 6.79 Å². The van der Waals surface area contributed by atoms with Gasteiger partial charge in [-0.3, -0.25) is 4.90 Å². The van der Waals surface area contributed by atoms with Gasteiger partial charge >= 0.3 is 0 Å². The van der Waals surface area contributed by atoms with E-state index in [1.165, 1.54) is 5.56 Å². The van der Waals surface area contributed by atoms with Crippen LogP contribution in [0.2, 0.25) is 0 Å². The van der Waals surface area contributed by atoms with Crippen molar-refractivity contribution >= 4 is 0 Å². The maximum Gasteiger partial charge on any atom is 0.231 e. The van der Waals surface area contributed by atoms with E-state index in [4.69, 9.17) is 19.9 Å². The summed E-state index contributed by atoms with van der Waals surface area (Å²) in [5.74, 6) is 1.63. The van der Waals surface area contributed by atoms with E-state index >= 15 is 0 Å². The van der Waals surface area contributed by atoms with E-state index in [2.05, 4.69) is 17.9 Å². The second-order valence-electron chi connectivity index (χ2n) is 5.04. The smallest absolute Gasteiger partial charge is 0.231 e. The molecule has 2 heterocycles. The Morgan fingerprint density at radius 2 is 2.21 bits per heavy atom. The van der Waals surface area contributed by atoms with Gasteiger partial charge in [0.1, 0.15) is 0 Å². The van der Waals surface area contributed by atoms with Crippen LogP contribution in [-0.4, -0.2) is 44.0 Å². The van der Waals surface area contributed by atoms with Crippen molar-refractivity contribution in [3.05, 3.63) is 23.8 Å². The van der Waals surface area contributed by atoms with Gasteiger partial charge in [-0.15, -0.1) is 0 Å². The van der Waals surface area contributed by atoms with Crippen molar-refractivity contribution in [1.29, 1.82) is 0 Å². The van der Waals surface area contributed by atoms with Crippen molar-refractivity contribution in [3.8, 4) is 11.5 Å². The number of rotatable bonds is 3. The lowest BCUT2D eigenvalue weighted by atomic mass is 10.0. The van der Waals surface area contributed by atoms with E-state index in [-0.39, 0.29) is 12.1 Å². The number of fused-ring (bicyclic) bond motifs is 1. The van der Waals surface area contributed by atoms with Crippen molar-refractivity contribution in [2.45, 2.75) is 19.1 Å². The van der Waals surface area contributed by atoms with Gasteiger partial charge in [0.25, 0.3) is 0 Å². The number of nitrogens with zero attached hydrogens (tertiary/aromatic N) is 1. The van der Waals surface area contributed by atoms with Gasteiger partial charge in [-0.05, 0) is 24.6 Å². The molecule has 5 heteroatoms. The van der Waals surface area contributed by atoms with Crippen LogP contribution in [0.5, 0.6) is 11.5 Å². The molecule has 2 N–H and O–H groups in total. The molecule has 0 spiro atoms. The highest BCUT2D eigenvalue weighted by Crippen LogP contribution is 2.35. The van der Waals surface area contributed by atoms with Crippen LogP contribution in [0.25, 0.3) is 0 Å². The minimum absolute atomic E-state index is 0.209. The molecule has 2 atom stereocenters. The summed E-state index contributed by atoms with van der Waals surface area (Å²) in [7, 11) is 0. The molecule has 0 saturated carbocycles. The first-order valence-electron chi connectivity index (χ1n) is 6.73. The van der Waals surface area contributed by atoms with Gasteiger partial charge in [-0.1, -0.05) is 6.07 Å². The molecule has 0 amide bonds. The van der Waals surface area contributed by atoms with Crippen molar-refractivity contribution in [2.75, 3.05) is 33.0 Å². The van der Waals surface area contributed by atoms with Crippen molar-refractivity contribution in [1.82, 2.24) is 4.90 Å². The predicted molar refractivity (Wildman–Crippen MR) is 71.3 cm³/mol. The van der Waals surface area contributed by atoms with Crippen LogP contribution >= 0.6 is 0 Å². The molecule has 104 valence electrons. The second-order valence-corrected chi connectivity index (χ2v) is 5.04. The molecule has 0 radical (unpaired) electrons. The normalized spacial score (nSPS) is 24.4. The minimum Gasteiger partial charge on any atom is -0.454 e. The highest BCUT2D eigenvalue weighted by Gasteiger charge is 2.26. The predicted octanol–water partition coefficient (Wildman–Crippen LogP) is 1.14. The van der Waals surface area contributed by atoms with Gasteiger partial charge in [0.05, 0.1) is 12.7 Å². The molecule has 1 aromatic rings. The van der Waals surface area contributed by atoms with Gasteiger partial charge in [0, 0.05) is 25.7 Å². The van der Waals surface area contributed by atoms with Crippen LogP contribution < -0.4 is 15.2 Å². The molecule has 3 rings (SSSR count). The molecule has 2 aliphatic rings. The molecule has 0 aromatic heterocycles. The van der Waals surface area contributed by atoms with E-state index in [9.17, 15) is 0 Å².